The summed E-state index contributed by atoms with van der Waals surface area (Å²) in [6, 6.07) is 7.73. The Morgan fingerprint density at radius 2 is 1.75 bits per heavy atom. The molecule has 2 nitrogen and oxygen atoms in total. The molecule has 0 saturated heterocycles. The third kappa shape index (κ3) is 7.09. The molecule has 1 aromatic rings. The molecule has 1 rings (SSSR count). The zero-order valence-corrected chi connectivity index (χ0v) is 14.2. The molecule has 0 bridgehead atoms. The van der Waals surface area contributed by atoms with Gasteiger partial charge < -0.3 is 5.32 Å². The molecule has 0 aliphatic rings. The van der Waals surface area contributed by atoms with Crippen LogP contribution >= 0.6 is 15.9 Å². The number of nitrogens with one attached hydrogen (secondary N) is 1. The van der Waals surface area contributed by atoms with Crippen molar-refractivity contribution in [1.29, 1.82) is 0 Å². The molecule has 0 heterocycles. The van der Waals surface area contributed by atoms with Gasteiger partial charge in [0.2, 0.25) is 0 Å². The molecule has 112 valence electrons. The van der Waals surface area contributed by atoms with E-state index in [1.165, 1.54) is 31.2 Å². The zero-order chi connectivity index (χ0) is 14.8. The second kappa shape index (κ2) is 9.98. The predicted octanol–water partition coefficient (Wildman–Crippen LogP) is 4.92. The zero-order valence-electron chi connectivity index (χ0n) is 12.6. The molecule has 0 radical (unpaired) electrons. The first-order valence-corrected chi connectivity index (χ1v) is 8.68. The Morgan fingerprint density at radius 1 is 1.10 bits per heavy atom. The molecule has 0 atom stereocenters. The summed E-state index contributed by atoms with van der Waals surface area (Å²) in [4.78, 5) is 11.9. The van der Waals surface area contributed by atoms with Gasteiger partial charge in [-0.25, -0.2) is 0 Å². The quantitative estimate of drug-likeness (QED) is 0.502. The molecule has 1 N–H and O–H groups in total. The lowest BCUT2D eigenvalue weighted by molar-refractivity contribution is 0.0953. The van der Waals surface area contributed by atoms with Crippen LogP contribution in [0.2, 0.25) is 0 Å². The Labute approximate surface area is 131 Å². The summed E-state index contributed by atoms with van der Waals surface area (Å²) in [5.74, 6) is 0.838. The normalized spacial score (nSPS) is 10.8. The molecule has 3 heteroatoms. The smallest absolute Gasteiger partial charge is 0.251 e. The molecule has 1 aromatic carbocycles. The van der Waals surface area contributed by atoms with Crippen LogP contribution in [0, 0.1) is 5.92 Å². The van der Waals surface area contributed by atoms with Crippen LogP contribution in [0.1, 0.15) is 61.9 Å². The minimum atomic E-state index is 0.0355. The van der Waals surface area contributed by atoms with Crippen LogP contribution in [0.15, 0.2) is 24.3 Å². The maximum absolute atomic E-state index is 11.9. The number of rotatable bonds is 9. The summed E-state index contributed by atoms with van der Waals surface area (Å²) in [5, 5.41) is 3.81. The van der Waals surface area contributed by atoms with Crippen molar-refractivity contribution < 1.29 is 4.79 Å². The van der Waals surface area contributed by atoms with E-state index in [0.29, 0.717) is 0 Å². The highest BCUT2D eigenvalue weighted by molar-refractivity contribution is 9.08. The topological polar surface area (TPSA) is 29.1 Å². The molecular formula is C17H26BrNO. The van der Waals surface area contributed by atoms with E-state index in [1.54, 1.807) is 0 Å². The lowest BCUT2D eigenvalue weighted by atomic mass is 10.0. The third-order valence-corrected chi connectivity index (χ3v) is 4.01. The first-order valence-electron chi connectivity index (χ1n) is 7.56. The Kier molecular flexibility index (Phi) is 8.59. The van der Waals surface area contributed by atoms with E-state index >= 15 is 0 Å². The van der Waals surface area contributed by atoms with Crippen LogP contribution in [0.3, 0.4) is 0 Å². The van der Waals surface area contributed by atoms with Gasteiger partial charge in [-0.1, -0.05) is 67.6 Å². The van der Waals surface area contributed by atoms with Gasteiger partial charge in [-0.15, -0.1) is 0 Å². The number of hydrogen-bond donors (Lipinski definition) is 1. The second-order valence-corrected chi connectivity index (χ2v) is 6.24. The lowest BCUT2D eigenvalue weighted by Gasteiger charge is -2.06. The first kappa shape index (κ1) is 17.2. The van der Waals surface area contributed by atoms with Crippen molar-refractivity contribution in [2.24, 2.45) is 5.92 Å². The Balaban J connectivity index is 2.13. The number of hydrogen-bond acceptors (Lipinski definition) is 1. The predicted molar refractivity (Wildman–Crippen MR) is 89.3 cm³/mol. The van der Waals surface area contributed by atoms with E-state index in [9.17, 15) is 4.79 Å². The van der Waals surface area contributed by atoms with Crippen LogP contribution in [0.25, 0.3) is 0 Å². The molecular weight excluding hydrogens is 314 g/mol. The SMILES string of the molecule is CC(C)CCCCCCNC(=O)c1ccc(CBr)cc1. The Bertz CT molecular complexity index is 386. The fourth-order valence-corrected chi connectivity index (χ4v) is 2.45. The molecule has 0 unspecified atom stereocenters. The maximum Gasteiger partial charge on any atom is 0.251 e. The van der Waals surface area contributed by atoms with Crippen molar-refractivity contribution in [3.63, 3.8) is 0 Å². The van der Waals surface area contributed by atoms with E-state index in [-0.39, 0.29) is 5.91 Å². The fraction of sp³-hybridized carbons (Fsp3) is 0.588. The van der Waals surface area contributed by atoms with Crippen LogP contribution < -0.4 is 5.32 Å². The molecule has 0 aliphatic heterocycles. The van der Waals surface area contributed by atoms with Gasteiger partial charge in [0.1, 0.15) is 0 Å². The number of amides is 1. The maximum atomic E-state index is 11.9. The van der Waals surface area contributed by atoms with E-state index in [0.717, 1.165) is 29.8 Å². The van der Waals surface area contributed by atoms with Gasteiger partial charge in [-0.3, -0.25) is 4.79 Å². The summed E-state index contributed by atoms with van der Waals surface area (Å²) in [6.07, 6.45) is 6.17. The summed E-state index contributed by atoms with van der Waals surface area (Å²) < 4.78 is 0. The lowest BCUT2D eigenvalue weighted by Crippen LogP contribution is -2.24. The number of carbonyl (C=O) groups is 1. The molecule has 0 saturated carbocycles. The summed E-state index contributed by atoms with van der Waals surface area (Å²) in [7, 11) is 0. The molecule has 0 aliphatic carbocycles. The number of alkyl halides is 1. The minimum Gasteiger partial charge on any atom is -0.352 e. The Morgan fingerprint density at radius 3 is 2.35 bits per heavy atom. The minimum absolute atomic E-state index is 0.0355. The average Bonchev–Trinajstić information content (AvgIpc) is 2.45. The van der Waals surface area contributed by atoms with Crippen molar-refractivity contribution in [2.75, 3.05) is 6.54 Å². The first-order chi connectivity index (χ1) is 9.63. The summed E-state index contributed by atoms with van der Waals surface area (Å²) in [6.45, 7) is 5.31. The number of benzene rings is 1. The van der Waals surface area contributed by atoms with Gasteiger partial charge in [0.05, 0.1) is 0 Å². The van der Waals surface area contributed by atoms with E-state index in [4.69, 9.17) is 0 Å². The molecule has 1 amide bonds. The van der Waals surface area contributed by atoms with Crippen LogP contribution in [-0.4, -0.2) is 12.5 Å². The summed E-state index contributed by atoms with van der Waals surface area (Å²) >= 11 is 3.40. The van der Waals surface area contributed by atoms with Gasteiger partial charge in [0, 0.05) is 17.4 Å². The molecule has 0 aromatic heterocycles. The van der Waals surface area contributed by atoms with Gasteiger partial charge in [-0.2, -0.15) is 0 Å². The van der Waals surface area contributed by atoms with Gasteiger partial charge in [0.15, 0.2) is 0 Å². The van der Waals surface area contributed by atoms with Crippen LogP contribution in [-0.2, 0) is 5.33 Å². The number of halogens is 1. The largest absolute Gasteiger partial charge is 0.352 e. The van der Waals surface area contributed by atoms with Crippen molar-refractivity contribution in [2.45, 2.75) is 51.3 Å². The van der Waals surface area contributed by atoms with Crippen molar-refractivity contribution in [1.82, 2.24) is 5.32 Å². The van der Waals surface area contributed by atoms with E-state index in [1.807, 2.05) is 24.3 Å². The molecule has 0 fully saturated rings. The molecule has 0 spiro atoms. The highest BCUT2D eigenvalue weighted by Crippen LogP contribution is 2.10. The fourth-order valence-electron chi connectivity index (χ4n) is 2.08. The van der Waals surface area contributed by atoms with Gasteiger partial charge >= 0.3 is 0 Å². The number of unbranched alkanes of at least 4 members (excludes halogenated alkanes) is 3. The monoisotopic (exact) mass is 339 g/mol. The highest BCUT2D eigenvalue weighted by Gasteiger charge is 2.04. The molecule has 20 heavy (non-hydrogen) atoms. The highest BCUT2D eigenvalue weighted by atomic mass is 79.9. The van der Waals surface area contributed by atoms with Gasteiger partial charge in [0.25, 0.3) is 5.91 Å². The Hall–Kier alpha value is -0.830. The van der Waals surface area contributed by atoms with E-state index in [2.05, 4.69) is 35.1 Å². The van der Waals surface area contributed by atoms with Crippen molar-refractivity contribution >= 4 is 21.8 Å². The average molecular weight is 340 g/mol. The van der Waals surface area contributed by atoms with E-state index < -0.39 is 0 Å². The van der Waals surface area contributed by atoms with Crippen molar-refractivity contribution in [3.05, 3.63) is 35.4 Å². The number of carbonyl (C=O) groups excluding carboxylic acids is 1. The van der Waals surface area contributed by atoms with Crippen LogP contribution in [0.5, 0.6) is 0 Å². The summed E-state index contributed by atoms with van der Waals surface area (Å²) in [5.41, 5.74) is 1.93. The second-order valence-electron chi connectivity index (χ2n) is 5.68. The van der Waals surface area contributed by atoms with Gasteiger partial charge in [-0.05, 0) is 30.0 Å². The van der Waals surface area contributed by atoms with Crippen LogP contribution in [0.4, 0.5) is 0 Å². The van der Waals surface area contributed by atoms with Crippen molar-refractivity contribution in [3.8, 4) is 0 Å². The third-order valence-electron chi connectivity index (χ3n) is 3.36. The standard InChI is InChI=1S/C17H26BrNO/c1-14(2)7-5-3-4-6-12-19-17(20)16-10-8-15(13-18)9-11-16/h8-11,14H,3-7,12-13H2,1-2H3,(H,19,20).